The van der Waals surface area contributed by atoms with Gasteiger partial charge in [-0.05, 0) is 27.0 Å². The van der Waals surface area contributed by atoms with Crippen LogP contribution in [0, 0.1) is 0 Å². The molecule has 0 spiro atoms. The van der Waals surface area contributed by atoms with Gasteiger partial charge >= 0.3 is 0 Å². The summed E-state index contributed by atoms with van der Waals surface area (Å²) in [7, 11) is 3.55. The van der Waals surface area contributed by atoms with E-state index in [1.807, 2.05) is 20.9 Å². The lowest BCUT2D eigenvalue weighted by atomic mass is 10.1. The van der Waals surface area contributed by atoms with E-state index >= 15 is 0 Å². The minimum Gasteiger partial charge on any atom is -0.478 e. The Morgan fingerprint density at radius 2 is 2.11 bits per heavy atom. The minimum atomic E-state index is -0.180. The van der Waals surface area contributed by atoms with Crippen LogP contribution in [0.4, 0.5) is 0 Å². The zero-order valence-corrected chi connectivity index (χ0v) is 12.2. The van der Waals surface area contributed by atoms with Crippen molar-refractivity contribution in [3.05, 3.63) is 22.8 Å². The first-order chi connectivity index (χ1) is 8.48. The Kier molecular flexibility index (Phi) is 5.85. The maximum absolute atomic E-state index is 6.03. The molecule has 1 rings (SSSR count). The highest BCUT2D eigenvalue weighted by Gasteiger charge is 2.16. The Morgan fingerprint density at radius 1 is 1.39 bits per heavy atom. The fourth-order valence-electron chi connectivity index (χ4n) is 1.34. The van der Waals surface area contributed by atoms with Gasteiger partial charge in [-0.2, -0.15) is 0 Å². The highest BCUT2D eigenvalue weighted by Crippen LogP contribution is 2.19. The standard InChI is InChI=1S/C13H21ClN2O2/c1-13(2,17-4)7-8-18-12-6-5-10(14)11(16-12)9-15-3/h5-6,15H,7-9H2,1-4H3. The number of ether oxygens (including phenoxy) is 2. The molecule has 0 bridgehead atoms. The molecular weight excluding hydrogens is 252 g/mol. The van der Waals surface area contributed by atoms with Crippen LogP contribution in [-0.2, 0) is 11.3 Å². The second-order valence-electron chi connectivity index (χ2n) is 4.67. The lowest BCUT2D eigenvalue weighted by molar-refractivity contribution is 0.00507. The molecule has 0 fully saturated rings. The maximum atomic E-state index is 6.03. The molecule has 0 saturated heterocycles. The molecule has 4 nitrogen and oxygen atoms in total. The summed E-state index contributed by atoms with van der Waals surface area (Å²) in [6.07, 6.45) is 0.801. The number of aromatic nitrogens is 1. The van der Waals surface area contributed by atoms with Crippen molar-refractivity contribution in [2.45, 2.75) is 32.4 Å². The number of nitrogens with zero attached hydrogens (tertiary/aromatic N) is 1. The number of pyridine rings is 1. The third kappa shape index (κ3) is 4.80. The molecule has 0 radical (unpaired) electrons. The zero-order valence-electron chi connectivity index (χ0n) is 11.4. The van der Waals surface area contributed by atoms with Crippen molar-refractivity contribution in [1.29, 1.82) is 0 Å². The number of halogens is 1. The van der Waals surface area contributed by atoms with Crippen LogP contribution >= 0.6 is 11.6 Å². The topological polar surface area (TPSA) is 43.4 Å². The molecule has 0 saturated carbocycles. The van der Waals surface area contributed by atoms with E-state index in [-0.39, 0.29) is 5.60 Å². The van der Waals surface area contributed by atoms with Crippen molar-refractivity contribution in [2.24, 2.45) is 0 Å². The van der Waals surface area contributed by atoms with Gasteiger partial charge in [0.15, 0.2) is 0 Å². The van der Waals surface area contributed by atoms with E-state index in [1.165, 1.54) is 0 Å². The third-order valence-corrected chi connectivity index (χ3v) is 3.09. The van der Waals surface area contributed by atoms with Crippen LogP contribution in [0.25, 0.3) is 0 Å². The van der Waals surface area contributed by atoms with Gasteiger partial charge < -0.3 is 14.8 Å². The van der Waals surface area contributed by atoms with Gasteiger partial charge in [-0.25, -0.2) is 4.98 Å². The number of hydrogen-bond donors (Lipinski definition) is 1. The van der Waals surface area contributed by atoms with E-state index in [9.17, 15) is 0 Å². The molecule has 0 aromatic carbocycles. The largest absolute Gasteiger partial charge is 0.478 e. The van der Waals surface area contributed by atoms with Crippen LogP contribution in [0.5, 0.6) is 5.88 Å². The van der Waals surface area contributed by atoms with Crippen molar-refractivity contribution in [3.8, 4) is 5.88 Å². The average Bonchev–Trinajstić information content (AvgIpc) is 2.33. The van der Waals surface area contributed by atoms with E-state index < -0.39 is 0 Å². The van der Waals surface area contributed by atoms with Crippen molar-refractivity contribution in [2.75, 3.05) is 20.8 Å². The Labute approximate surface area is 114 Å². The molecular formula is C13H21ClN2O2. The molecule has 1 aromatic heterocycles. The van der Waals surface area contributed by atoms with Gasteiger partial charge in [0.2, 0.25) is 5.88 Å². The Balaban J connectivity index is 2.55. The number of methoxy groups -OCH3 is 1. The summed E-state index contributed by atoms with van der Waals surface area (Å²) in [6.45, 7) is 5.24. The van der Waals surface area contributed by atoms with Gasteiger partial charge in [0, 0.05) is 26.1 Å². The molecule has 1 aromatic rings. The predicted octanol–water partition coefficient (Wildman–Crippen LogP) is 2.65. The highest BCUT2D eigenvalue weighted by atomic mass is 35.5. The lowest BCUT2D eigenvalue weighted by Crippen LogP contribution is -2.25. The normalized spacial score (nSPS) is 11.6. The van der Waals surface area contributed by atoms with Crippen LogP contribution in [0.3, 0.4) is 0 Å². The molecule has 102 valence electrons. The molecule has 0 atom stereocenters. The first kappa shape index (κ1) is 15.2. The summed E-state index contributed by atoms with van der Waals surface area (Å²) in [4.78, 5) is 4.35. The summed E-state index contributed by atoms with van der Waals surface area (Å²) in [5.74, 6) is 0.594. The summed E-state index contributed by atoms with van der Waals surface area (Å²) in [5.41, 5.74) is 0.614. The van der Waals surface area contributed by atoms with E-state index in [2.05, 4.69) is 10.3 Å². The van der Waals surface area contributed by atoms with Crippen LogP contribution in [0.1, 0.15) is 26.0 Å². The first-order valence-corrected chi connectivity index (χ1v) is 6.34. The fraction of sp³-hybridized carbons (Fsp3) is 0.615. The average molecular weight is 273 g/mol. The van der Waals surface area contributed by atoms with Gasteiger partial charge in [-0.1, -0.05) is 11.6 Å². The second-order valence-corrected chi connectivity index (χ2v) is 5.08. The summed E-state index contributed by atoms with van der Waals surface area (Å²) < 4.78 is 10.9. The summed E-state index contributed by atoms with van der Waals surface area (Å²) in [5, 5.41) is 3.67. The molecule has 0 aliphatic rings. The van der Waals surface area contributed by atoms with Crippen molar-refractivity contribution in [1.82, 2.24) is 10.3 Å². The van der Waals surface area contributed by atoms with Crippen LogP contribution in [0.15, 0.2) is 12.1 Å². The van der Waals surface area contributed by atoms with Crippen molar-refractivity contribution < 1.29 is 9.47 Å². The molecule has 0 aliphatic carbocycles. The Morgan fingerprint density at radius 3 is 2.72 bits per heavy atom. The van der Waals surface area contributed by atoms with Gasteiger partial charge in [0.25, 0.3) is 0 Å². The molecule has 1 N–H and O–H groups in total. The van der Waals surface area contributed by atoms with Crippen LogP contribution in [0.2, 0.25) is 5.02 Å². The monoisotopic (exact) mass is 272 g/mol. The summed E-state index contributed by atoms with van der Waals surface area (Å²) >= 11 is 6.03. The predicted molar refractivity (Wildman–Crippen MR) is 73.2 cm³/mol. The Hall–Kier alpha value is -0.840. The smallest absolute Gasteiger partial charge is 0.213 e. The van der Waals surface area contributed by atoms with E-state index in [4.69, 9.17) is 21.1 Å². The minimum absolute atomic E-state index is 0.180. The van der Waals surface area contributed by atoms with E-state index in [0.717, 1.165) is 12.1 Å². The van der Waals surface area contributed by atoms with Gasteiger partial charge in [0.1, 0.15) is 0 Å². The number of nitrogens with one attached hydrogen (secondary N) is 1. The molecule has 0 aliphatic heterocycles. The lowest BCUT2D eigenvalue weighted by Gasteiger charge is -2.22. The second kappa shape index (κ2) is 6.92. The zero-order chi connectivity index (χ0) is 13.6. The van der Waals surface area contributed by atoms with Crippen LogP contribution in [-0.4, -0.2) is 31.3 Å². The van der Waals surface area contributed by atoms with Gasteiger partial charge in [-0.15, -0.1) is 0 Å². The highest BCUT2D eigenvalue weighted by molar-refractivity contribution is 6.31. The van der Waals surface area contributed by atoms with E-state index in [1.54, 1.807) is 19.2 Å². The van der Waals surface area contributed by atoms with Gasteiger partial charge in [-0.3, -0.25) is 0 Å². The Bertz CT molecular complexity index is 383. The first-order valence-electron chi connectivity index (χ1n) is 5.96. The van der Waals surface area contributed by atoms with Gasteiger partial charge in [0.05, 0.1) is 22.9 Å². The SMILES string of the molecule is CNCc1nc(OCCC(C)(C)OC)ccc1Cl. The fourth-order valence-corrected chi connectivity index (χ4v) is 1.51. The number of hydrogen-bond acceptors (Lipinski definition) is 4. The molecule has 1 heterocycles. The molecule has 0 amide bonds. The van der Waals surface area contributed by atoms with Crippen molar-refractivity contribution in [3.63, 3.8) is 0 Å². The molecule has 18 heavy (non-hydrogen) atoms. The van der Waals surface area contributed by atoms with Crippen LogP contribution < -0.4 is 10.1 Å². The maximum Gasteiger partial charge on any atom is 0.213 e. The quantitative estimate of drug-likeness (QED) is 0.829. The summed E-state index contributed by atoms with van der Waals surface area (Å²) in [6, 6.07) is 3.58. The number of rotatable bonds is 7. The molecule has 5 heteroatoms. The van der Waals surface area contributed by atoms with Crippen molar-refractivity contribution >= 4 is 11.6 Å². The molecule has 0 unspecified atom stereocenters. The third-order valence-electron chi connectivity index (χ3n) is 2.74. The van der Waals surface area contributed by atoms with E-state index in [0.29, 0.717) is 24.1 Å².